The lowest BCUT2D eigenvalue weighted by atomic mass is 10.3. The molecule has 0 aromatic heterocycles. The molecule has 10 heavy (non-hydrogen) atoms. The summed E-state index contributed by atoms with van der Waals surface area (Å²) in [6.45, 7) is 1.70. The maximum atomic E-state index is 10.5. The van der Waals surface area contributed by atoms with E-state index in [1.807, 2.05) is 0 Å². The van der Waals surface area contributed by atoms with Gasteiger partial charge in [-0.25, -0.2) is 4.79 Å². The van der Waals surface area contributed by atoms with Crippen LogP contribution in [0.2, 0.25) is 0 Å². The van der Waals surface area contributed by atoms with Gasteiger partial charge in [0.15, 0.2) is 6.10 Å². The van der Waals surface area contributed by atoms with Gasteiger partial charge >= 0.3 is 5.97 Å². The molecule has 0 saturated heterocycles. The molecule has 4 nitrogen and oxygen atoms in total. The van der Waals surface area contributed by atoms with E-state index in [2.05, 4.69) is 4.74 Å². The van der Waals surface area contributed by atoms with Crippen molar-refractivity contribution in [2.45, 2.75) is 19.4 Å². The molecule has 0 bridgehead atoms. The highest BCUT2D eigenvalue weighted by Gasteiger charge is 2.14. The summed E-state index contributed by atoms with van der Waals surface area (Å²) in [5.41, 5.74) is 0. The third-order valence-electron chi connectivity index (χ3n) is 0.961. The van der Waals surface area contributed by atoms with Crippen LogP contribution in [0.1, 0.15) is 13.3 Å². The molecule has 0 aliphatic carbocycles. The van der Waals surface area contributed by atoms with Crippen molar-refractivity contribution in [3.8, 4) is 0 Å². The van der Waals surface area contributed by atoms with E-state index < -0.39 is 12.1 Å². The summed E-state index contributed by atoms with van der Waals surface area (Å²) in [4.78, 5) is 10.5. The van der Waals surface area contributed by atoms with Gasteiger partial charge in [0.1, 0.15) is 0 Å². The summed E-state index contributed by atoms with van der Waals surface area (Å²) in [6.07, 6.45) is -1.14. The van der Waals surface area contributed by atoms with E-state index in [-0.39, 0.29) is 19.6 Å². The van der Waals surface area contributed by atoms with E-state index in [1.165, 1.54) is 0 Å². The third kappa shape index (κ3) is 3.42. The average Bonchev–Trinajstić information content (AvgIpc) is 1.89. The Balaban J connectivity index is 3.49. The standard InChI is InChI=1S/C6H12O4/c1-2-10-6(9)5(8)3-4-7/h5,7-8H,2-4H2,1H3/t5-/m1/s1. The molecule has 4 heteroatoms. The number of aliphatic hydroxyl groups is 2. The summed E-state index contributed by atoms with van der Waals surface area (Å²) in [7, 11) is 0. The highest BCUT2D eigenvalue weighted by molar-refractivity contribution is 5.74. The van der Waals surface area contributed by atoms with Crippen LogP contribution in [0.3, 0.4) is 0 Å². The molecule has 0 rings (SSSR count). The summed E-state index contributed by atoms with van der Waals surface area (Å²) in [5.74, 6) is -0.670. The molecule has 0 aromatic carbocycles. The van der Waals surface area contributed by atoms with Gasteiger partial charge in [-0.15, -0.1) is 0 Å². The van der Waals surface area contributed by atoms with Gasteiger partial charge in [0.2, 0.25) is 0 Å². The SMILES string of the molecule is CCOC(=O)[C@H](O)CCO. The quantitative estimate of drug-likeness (QED) is 0.517. The Labute approximate surface area is 59.4 Å². The Hall–Kier alpha value is -0.610. The number of esters is 1. The van der Waals surface area contributed by atoms with Gasteiger partial charge in [0.05, 0.1) is 6.61 Å². The van der Waals surface area contributed by atoms with Crippen molar-refractivity contribution in [2.24, 2.45) is 0 Å². The number of hydrogen-bond donors (Lipinski definition) is 2. The molecular formula is C6H12O4. The second-order valence-corrected chi connectivity index (χ2v) is 1.78. The van der Waals surface area contributed by atoms with E-state index in [9.17, 15) is 4.79 Å². The molecule has 0 fully saturated rings. The smallest absolute Gasteiger partial charge is 0.335 e. The van der Waals surface area contributed by atoms with E-state index >= 15 is 0 Å². The van der Waals surface area contributed by atoms with Crippen molar-refractivity contribution < 1.29 is 19.7 Å². The Morgan fingerprint density at radius 1 is 1.70 bits per heavy atom. The van der Waals surface area contributed by atoms with E-state index in [0.29, 0.717) is 0 Å². The molecule has 0 saturated carbocycles. The van der Waals surface area contributed by atoms with Crippen molar-refractivity contribution in [3.05, 3.63) is 0 Å². The van der Waals surface area contributed by atoms with Gasteiger partial charge in [0.25, 0.3) is 0 Å². The average molecular weight is 148 g/mol. The van der Waals surface area contributed by atoms with Crippen LogP contribution in [0.5, 0.6) is 0 Å². The first-order chi connectivity index (χ1) is 4.72. The van der Waals surface area contributed by atoms with Gasteiger partial charge in [-0.2, -0.15) is 0 Å². The van der Waals surface area contributed by atoms with Gasteiger partial charge < -0.3 is 14.9 Å². The molecule has 0 aromatic rings. The zero-order chi connectivity index (χ0) is 7.98. The van der Waals surface area contributed by atoms with Gasteiger partial charge in [-0.05, 0) is 6.92 Å². The van der Waals surface area contributed by atoms with Crippen LogP contribution < -0.4 is 0 Å². The topological polar surface area (TPSA) is 66.8 Å². The number of carbonyl (C=O) groups excluding carboxylic acids is 1. The summed E-state index contributed by atoms with van der Waals surface area (Å²) in [5, 5.41) is 17.1. The van der Waals surface area contributed by atoms with Crippen LogP contribution in [-0.2, 0) is 9.53 Å². The largest absolute Gasteiger partial charge is 0.464 e. The van der Waals surface area contributed by atoms with Crippen molar-refractivity contribution >= 4 is 5.97 Å². The number of ether oxygens (including phenoxy) is 1. The van der Waals surface area contributed by atoms with E-state index in [4.69, 9.17) is 10.2 Å². The lowest BCUT2D eigenvalue weighted by Gasteiger charge is -2.06. The highest BCUT2D eigenvalue weighted by atomic mass is 16.5. The molecule has 0 spiro atoms. The fourth-order valence-corrected chi connectivity index (χ4v) is 0.479. The normalized spacial score (nSPS) is 12.7. The predicted molar refractivity (Wildman–Crippen MR) is 34.3 cm³/mol. The molecule has 0 radical (unpaired) electrons. The van der Waals surface area contributed by atoms with Crippen molar-refractivity contribution in [1.29, 1.82) is 0 Å². The molecule has 0 aliphatic heterocycles. The molecule has 1 atom stereocenters. The highest BCUT2D eigenvalue weighted by Crippen LogP contribution is 1.92. The minimum Gasteiger partial charge on any atom is -0.464 e. The summed E-state index contributed by atoms with van der Waals surface area (Å²) >= 11 is 0. The minimum absolute atomic E-state index is 0.0405. The van der Waals surface area contributed by atoms with E-state index in [0.717, 1.165) is 0 Å². The molecular weight excluding hydrogens is 136 g/mol. The third-order valence-corrected chi connectivity index (χ3v) is 0.961. The van der Waals surface area contributed by atoms with E-state index in [1.54, 1.807) is 6.92 Å². The predicted octanol–water partition coefficient (Wildman–Crippen LogP) is -0.707. The van der Waals surface area contributed by atoms with Gasteiger partial charge in [-0.3, -0.25) is 0 Å². The zero-order valence-electron chi connectivity index (χ0n) is 5.91. The van der Waals surface area contributed by atoms with Crippen LogP contribution in [0.15, 0.2) is 0 Å². The number of aliphatic hydroxyl groups excluding tert-OH is 2. The summed E-state index contributed by atoms with van der Waals surface area (Å²) in [6, 6.07) is 0. The van der Waals surface area contributed by atoms with Crippen LogP contribution in [0.25, 0.3) is 0 Å². The zero-order valence-corrected chi connectivity index (χ0v) is 5.91. The number of hydrogen-bond acceptors (Lipinski definition) is 4. The Morgan fingerprint density at radius 3 is 2.70 bits per heavy atom. The molecule has 0 unspecified atom stereocenters. The summed E-state index contributed by atoms with van der Waals surface area (Å²) < 4.78 is 4.46. The van der Waals surface area contributed by atoms with Crippen LogP contribution >= 0.6 is 0 Å². The Bertz CT molecular complexity index is 102. The lowest BCUT2D eigenvalue weighted by molar-refractivity contribution is -0.153. The second kappa shape index (κ2) is 5.20. The van der Waals surface area contributed by atoms with Crippen LogP contribution in [0, 0.1) is 0 Å². The van der Waals surface area contributed by atoms with Crippen molar-refractivity contribution in [2.75, 3.05) is 13.2 Å². The fourth-order valence-electron chi connectivity index (χ4n) is 0.479. The van der Waals surface area contributed by atoms with Gasteiger partial charge in [-0.1, -0.05) is 0 Å². The second-order valence-electron chi connectivity index (χ2n) is 1.78. The fraction of sp³-hybridized carbons (Fsp3) is 0.833. The first kappa shape index (κ1) is 9.39. The van der Waals surface area contributed by atoms with Crippen molar-refractivity contribution in [1.82, 2.24) is 0 Å². The monoisotopic (exact) mass is 148 g/mol. The molecule has 0 amide bonds. The first-order valence-electron chi connectivity index (χ1n) is 3.18. The maximum Gasteiger partial charge on any atom is 0.335 e. The minimum atomic E-state index is -1.18. The maximum absolute atomic E-state index is 10.5. The van der Waals surface area contributed by atoms with Crippen LogP contribution in [-0.4, -0.2) is 35.5 Å². The molecule has 2 N–H and O–H groups in total. The molecule has 0 heterocycles. The Morgan fingerprint density at radius 2 is 2.30 bits per heavy atom. The Kier molecular flexibility index (Phi) is 4.88. The molecule has 0 aliphatic rings. The van der Waals surface area contributed by atoms with Crippen molar-refractivity contribution in [3.63, 3.8) is 0 Å². The van der Waals surface area contributed by atoms with Crippen LogP contribution in [0.4, 0.5) is 0 Å². The van der Waals surface area contributed by atoms with Gasteiger partial charge in [0, 0.05) is 13.0 Å². The number of rotatable bonds is 4. The molecule has 60 valence electrons. The first-order valence-corrected chi connectivity index (χ1v) is 3.18. The lowest BCUT2D eigenvalue weighted by Crippen LogP contribution is -2.23. The number of carbonyl (C=O) groups is 1.